The van der Waals surface area contributed by atoms with Gasteiger partial charge in [-0.1, -0.05) is 23.7 Å². The molecule has 2 aliphatic rings. The van der Waals surface area contributed by atoms with Gasteiger partial charge in [0.05, 0.1) is 27.8 Å². The summed E-state index contributed by atoms with van der Waals surface area (Å²) in [5.41, 5.74) is 2.21. The first-order valence-corrected chi connectivity index (χ1v) is 12.9. The third-order valence-electron chi connectivity index (χ3n) is 7.47. The molecule has 6 nitrogen and oxygen atoms in total. The average Bonchev–Trinajstić information content (AvgIpc) is 3.33. The van der Waals surface area contributed by atoms with Crippen LogP contribution in [-0.4, -0.2) is 57.3 Å². The van der Waals surface area contributed by atoms with Crippen LogP contribution in [0, 0.1) is 5.92 Å². The van der Waals surface area contributed by atoms with Crippen molar-refractivity contribution in [1.82, 2.24) is 10.2 Å². The van der Waals surface area contributed by atoms with Gasteiger partial charge in [0, 0.05) is 17.1 Å². The zero-order valence-electron chi connectivity index (χ0n) is 21.0. The Labute approximate surface area is 213 Å². The fraction of sp³-hybridized carbons (Fsp3) is 0.536. The third-order valence-corrected chi connectivity index (χ3v) is 7.72. The average molecular weight is 501 g/mol. The molecule has 2 fully saturated rings. The molecule has 0 spiro atoms. The van der Waals surface area contributed by atoms with Crippen molar-refractivity contribution in [1.29, 1.82) is 0 Å². The molecule has 4 rings (SSSR count). The molecule has 7 heteroatoms. The number of carbonyl (C=O) groups excluding carboxylic acids is 1. The summed E-state index contributed by atoms with van der Waals surface area (Å²) in [5.74, 6) is 2.41. The van der Waals surface area contributed by atoms with Gasteiger partial charge < -0.3 is 19.5 Å². The molecule has 1 heterocycles. The molecule has 190 valence electrons. The lowest BCUT2D eigenvalue weighted by molar-refractivity contribution is -0.121. The van der Waals surface area contributed by atoms with E-state index in [2.05, 4.69) is 22.3 Å². The number of nitrogens with one attached hydrogen (secondary N) is 1. The maximum Gasteiger partial charge on any atom is 0.224 e. The van der Waals surface area contributed by atoms with Crippen molar-refractivity contribution in [2.24, 2.45) is 5.92 Å². The monoisotopic (exact) mass is 500 g/mol. The molecule has 1 aliphatic heterocycles. The summed E-state index contributed by atoms with van der Waals surface area (Å²) in [4.78, 5) is 15.6. The maximum absolute atomic E-state index is 13.0. The van der Waals surface area contributed by atoms with Crippen LogP contribution >= 0.6 is 11.6 Å². The summed E-state index contributed by atoms with van der Waals surface area (Å²) in [7, 11) is 4.75. The van der Waals surface area contributed by atoms with Gasteiger partial charge in [0.15, 0.2) is 11.5 Å². The summed E-state index contributed by atoms with van der Waals surface area (Å²) >= 11 is 6.03. The van der Waals surface area contributed by atoms with Crippen LogP contribution in [0.25, 0.3) is 0 Å². The SMILES string of the molecule is COc1cc(CC(=O)NC2CCCC2N2CCC(Cc3ccc(Cl)cc3)CC2)cc(OC)c1OC. The fourth-order valence-electron chi connectivity index (χ4n) is 5.67. The number of halogens is 1. The number of hydrogen-bond acceptors (Lipinski definition) is 5. The lowest BCUT2D eigenvalue weighted by Gasteiger charge is -2.38. The second-order valence-electron chi connectivity index (χ2n) is 9.69. The number of nitrogens with zero attached hydrogens (tertiary/aromatic N) is 1. The van der Waals surface area contributed by atoms with Gasteiger partial charge in [-0.25, -0.2) is 0 Å². The van der Waals surface area contributed by atoms with Gasteiger partial charge >= 0.3 is 0 Å². The minimum atomic E-state index is 0.0359. The molecule has 2 unspecified atom stereocenters. The molecular formula is C28H37ClN2O4. The standard InChI is InChI=1S/C28H37ClN2O4/c1-33-25-16-21(17-26(34-2)28(25)35-3)18-27(32)30-23-5-4-6-24(23)31-13-11-20(12-14-31)15-19-7-9-22(29)10-8-19/h7-10,16-17,20,23-24H,4-6,11-15,18H2,1-3H3,(H,30,32). The van der Waals surface area contributed by atoms with E-state index in [1.165, 1.54) is 18.4 Å². The minimum Gasteiger partial charge on any atom is -0.493 e. The maximum atomic E-state index is 13.0. The Morgan fingerprint density at radius 3 is 2.20 bits per heavy atom. The van der Waals surface area contributed by atoms with E-state index >= 15 is 0 Å². The van der Waals surface area contributed by atoms with Gasteiger partial charge in [-0.15, -0.1) is 0 Å². The van der Waals surface area contributed by atoms with Gasteiger partial charge in [0.1, 0.15) is 0 Å². The number of rotatable bonds is 9. The molecule has 2 atom stereocenters. The van der Waals surface area contributed by atoms with Crippen LogP contribution < -0.4 is 19.5 Å². The van der Waals surface area contributed by atoms with E-state index in [1.54, 1.807) is 21.3 Å². The van der Waals surface area contributed by atoms with Crippen LogP contribution in [0.5, 0.6) is 17.2 Å². The summed E-state index contributed by atoms with van der Waals surface area (Å²) < 4.78 is 16.3. The number of likely N-dealkylation sites (tertiary alicyclic amines) is 1. The van der Waals surface area contributed by atoms with Gasteiger partial charge in [-0.2, -0.15) is 0 Å². The first kappa shape index (κ1) is 25.6. The van der Waals surface area contributed by atoms with Gasteiger partial charge in [-0.3, -0.25) is 9.69 Å². The number of hydrogen-bond donors (Lipinski definition) is 1. The summed E-state index contributed by atoms with van der Waals surface area (Å²) in [5, 5.41) is 4.12. The molecule has 2 aromatic rings. The van der Waals surface area contributed by atoms with Gasteiger partial charge in [0.2, 0.25) is 11.7 Å². The number of amides is 1. The minimum absolute atomic E-state index is 0.0359. The molecule has 0 radical (unpaired) electrons. The third kappa shape index (κ3) is 6.42. The van der Waals surface area contributed by atoms with Crippen molar-refractivity contribution in [3.63, 3.8) is 0 Å². The van der Waals surface area contributed by atoms with E-state index in [4.69, 9.17) is 25.8 Å². The lowest BCUT2D eigenvalue weighted by atomic mass is 9.89. The Hall–Kier alpha value is -2.44. The van der Waals surface area contributed by atoms with Crippen molar-refractivity contribution in [2.45, 2.75) is 57.0 Å². The van der Waals surface area contributed by atoms with Crippen LogP contribution in [0.2, 0.25) is 5.02 Å². The molecule has 1 amide bonds. The summed E-state index contributed by atoms with van der Waals surface area (Å²) in [6.07, 6.45) is 7.14. The molecule has 1 aliphatic carbocycles. The predicted octanol–water partition coefficient (Wildman–Crippen LogP) is 4.90. The lowest BCUT2D eigenvalue weighted by Crippen LogP contribution is -2.51. The summed E-state index contributed by atoms with van der Waals surface area (Å²) in [6.45, 7) is 2.20. The highest BCUT2D eigenvalue weighted by molar-refractivity contribution is 6.30. The molecule has 1 N–H and O–H groups in total. The Bertz CT molecular complexity index is 964. The Balaban J connectivity index is 1.31. The highest BCUT2D eigenvalue weighted by Gasteiger charge is 2.35. The van der Waals surface area contributed by atoms with E-state index in [-0.39, 0.29) is 18.4 Å². The first-order valence-electron chi connectivity index (χ1n) is 12.6. The number of benzene rings is 2. The van der Waals surface area contributed by atoms with Crippen molar-refractivity contribution < 1.29 is 19.0 Å². The van der Waals surface area contributed by atoms with Gasteiger partial charge in [-0.05, 0) is 92.9 Å². The summed E-state index contributed by atoms with van der Waals surface area (Å²) in [6, 6.07) is 12.6. The molecule has 1 saturated heterocycles. The zero-order chi connectivity index (χ0) is 24.8. The predicted molar refractivity (Wildman–Crippen MR) is 139 cm³/mol. The molecule has 35 heavy (non-hydrogen) atoms. The van der Waals surface area contributed by atoms with Crippen molar-refractivity contribution in [2.75, 3.05) is 34.4 Å². The first-order chi connectivity index (χ1) is 17.0. The van der Waals surface area contributed by atoms with Gasteiger partial charge in [0.25, 0.3) is 0 Å². The molecular weight excluding hydrogens is 464 g/mol. The quantitative estimate of drug-likeness (QED) is 0.530. The van der Waals surface area contributed by atoms with E-state index in [0.29, 0.717) is 29.2 Å². The second-order valence-corrected chi connectivity index (χ2v) is 10.1. The molecule has 0 bridgehead atoms. The highest BCUT2D eigenvalue weighted by atomic mass is 35.5. The number of methoxy groups -OCH3 is 3. The second kappa shape index (κ2) is 12.0. The number of carbonyl (C=O) groups is 1. The molecule has 0 aromatic heterocycles. The van der Waals surface area contributed by atoms with Crippen molar-refractivity contribution in [3.8, 4) is 17.2 Å². The van der Waals surface area contributed by atoms with Crippen molar-refractivity contribution >= 4 is 17.5 Å². The van der Waals surface area contributed by atoms with Crippen LogP contribution in [0.3, 0.4) is 0 Å². The fourth-order valence-corrected chi connectivity index (χ4v) is 5.80. The van der Waals surface area contributed by atoms with E-state index in [9.17, 15) is 4.79 Å². The molecule has 1 saturated carbocycles. The van der Waals surface area contributed by atoms with Crippen LogP contribution in [-0.2, 0) is 17.6 Å². The smallest absolute Gasteiger partial charge is 0.224 e. The van der Waals surface area contributed by atoms with Crippen molar-refractivity contribution in [3.05, 3.63) is 52.5 Å². The van der Waals surface area contributed by atoms with Crippen LogP contribution in [0.4, 0.5) is 0 Å². The van der Waals surface area contributed by atoms with E-state index < -0.39 is 0 Å². The largest absolute Gasteiger partial charge is 0.493 e. The number of ether oxygens (including phenoxy) is 3. The number of piperidine rings is 1. The molecule has 2 aromatic carbocycles. The Kier molecular flexibility index (Phi) is 8.79. The van der Waals surface area contributed by atoms with Crippen LogP contribution in [0.15, 0.2) is 36.4 Å². The highest BCUT2D eigenvalue weighted by Crippen LogP contribution is 2.38. The Morgan fingerprint density at radius 1 is 0.943 bits per heavy atom. The normalized spacial score (nSPS) is 21.0. The van der Waals surface area contributed by atoms with E-state index in [0.717, 1.165) is 49.4 Å². The van der Waals surface area contributed by atoms with Crippen LogP contribution in [0.1, 0.15) is 43.2 Å². The topological polar surface area (TPSA) is 60.0 Å². The Morgan fingerprint density at radius 2 is 1.60 bits per heavy atom. The van der Waals surface area contributed by atoms with E-state index in [1.807, 2.05) is 24.3 Å². The zero-order valence-corrected chi connectivity index (χ0v) is 21.8.